The van der Waals surface area contributed by atoms with E-state index in [2.05, 4.69) is 51.2 Å². The van der Waals surface area contributed by atoms with E-state index in [1.807, 2.05) is 12.1 Å². The Morgan fingerprint density at radius 3 is 2.74 bits per heavy atom. The number of fused-ring (bicyclic) bond motifs is 1. The summed E-state index contributed by atoms with van der Waals surface area (Å²) >= 11 is 0. The van der Waals surface area contributed by atoms with Crippen LogP contribution in [0.25, 0.3) is 0 Å². The van der Waals surface area contributed by atoms with Crippen LogP contribution in [-0.2, 0) is 0 Å². The van der Waals surface area contributed by atoms with Crippen molar-refractivity contribution in [3.63, 3.8) is 0 Å². The zero-order valence-electron chi connectivity index (χ0n) is 12.2. The fourth-order valence-electron chi connectivity index (χ4n) is 1.96. The Hall–Kier alpha value is -1.48. The highest BCUT2D eigenvalue weighted by atomic mass is 16.7. The standard InChI is InChI=1S/C16H23NO2/c1-12(17-9-5-8-16(2,3)4)13-6-7-14-15(10-13)19-11-18-14/h5-8,10,12,17H,9,11H2,1-4H3/b8-5+/t12-/m1/s1. The maximum Gasteiger partial charge on any atom is 0.231 e. The molecule has 104 valence electrons. The van der Waals surface area contributed by atoms with Gasteiger partial charge in [0.25, 0.3) is 0 Å². The van der Waals surface area contributed by atoms with Crippen molar-refractivity contribution < 1.29 is 9.47 Å². The van der Waals surface area contributed by atoms with Crippen LogP contribution in [0, 0.1) is 5.41 Å². The van der Waals surface area contributed by atoms with Crippen molar-refractivity contribution in [2.24, 2.45) is 5.41 Å². The summed E-state index contributed by atoms with van der Waals surface area (Å²) < 4.78 is 10.7. The smallest absolute Gasteiger partial charge is 0.231 e. The van der Waals surface area contributed by atoms with Crippen LogP contribution in [0.5, 0.6) is 11.5 Å². The minimum absolute atomic E-state index is 0.240. The van der Waals surface area contributed by atoms with Crippen molar-refractivity contribution in [1.29, 1.82) is 0 Å². The lowest BCUT2D eigenvalue weighted by molar-refractivity contribution is 0.174. The van der Waals surface area contributed by atoms with E-state index in [1.165, 1.54) is 5.56 Å². The van der Waals surface area contributed by atoms with E-state index < -0.39 is 0 Å². The molecule has 1 aliphatic rings. The molecule has 0 aromatic heterocycles. The lowest BCUT2D eigenvalue weighted by Crippen LogP contribution is -2.18. The van der Waals surface area contributed by atoms with E-state index in [0.29, 0.717) is 12.8 Å². The van der Waals surface area contributed by atoms with Gasteiger partial charge in [0.05, 0.1) is 0 Å². The third kappa shape index (κ3) is 4.00. The van der Waals surface area contributed by atoms with Crippen LogP contribution in [-0.4, -0.2) is 13.3 Å². The van der Waals surface area contributed by atoms with Crippen LogP contribution in [0.1, 0.15) is 39.3 Å². The molecule has 0 fully saturated rings. The van der Waals surface area contributed by atoms with Crippen molar-refractivity contribution in [3.8, 4) is 11.5 Å². The van der Waals surface area contributed by atoms with Gasteiger partial charge in [0.15, 0.2) is 11.5 Å². The summed E-state index contributed by atoms with van der Waals surface area (Å²) in [7, 11) is 0. The minimum atomic E-state index is 0.240. The van der Waals surface area contributed by atoms with E-state index in [1.54, 1.807) is 0 Å². The molecule has 1 N–H and O–H groups in total. The molecule has 1 aliphatic heterocycles. The Morgan fingerprint density at radius 2 is 2.00 bits per heavy atom. The van der Waals surface area contributed by atoms with Gasteiger partial charge in [0, 0.05) is 12.6 Å². The molecule has 19 heavy (non-hydrogen) atoms. The molecule has 1 aromatic rings. The summed E-state index contributed by atoms with van der Waals surface area (Å²) in [4.78, 5) is 0. The van der Waals surface area contributed by atoms with Gasteiger partial charge < -0.3 is 14.8 Å². The SMILES string of the molecule is C[C@@H](NC/C=C/C(C)(C)C)c1ccc2c(c1)OCO2. The Kier molecular flexibility index (Phi) is 4.15. The Labute approximate surface area is 115 Å². The highest BCUT2D eigenvalue weighted by Crippen LogP contribution is 2.34. The van der Waals surface area contributed by atoms with Gasteiger partial charge >= 0.3 is 0 Å². The zero-order chi connectivity index (χ0) is 13.9. The second-order valence-corrected chi connectivity index (χ2v) is 6.01. The number of benzene rings is 1. The van der Waals surface area contributed by atoms with Crippen molar-refractivity contribution in [2.45, 2.75) is 33.7 Å². The van der Waals surface area contributed by atoms with Gasteiger partial charge in [-0.05, 0) is 30.0 Å². The van der Waals surface area contributed by atoms with Crippen molar-refractivity contribution >= 4 is 0 Å². The van der Waals surface area contributed by atoms with Gasteiger partial charge in [0.1, 0.15) is 0 Å². The first-order valence-electron chi connectivity index (χ1n) is 6.76. The molecular weight excluding hydrogens is 238 g/mol. The summed E-state index contributed by atoms with van der Waals surface area (Å²) in [5, 5.41) is 3.48. The molecule has 0 unspecified atom stereocenters. The van der Waals surface area contributed by atoms with E-state index in [9.17, 15) is 0 Å². The molecule has 0 spiro atoms. The summed E-state index contributed by atoms with van der Waals surface area (Å²) in [6.45, 7) is 9.95. The molecule has 0 radical (unpaired) electrons. The number of ether oxygens (including phenoxy) is 2. The fourth-order valence-corrected chi connectivity index (χ4v) is 1.96. The lowest BCUT2D eigenvalue weighted by atomic mass is 9.96. The molecule has 0 saturated carbocycles. The number of nitrogens with one attached hydrogen (secondary N) is 1. The Balaban J connectivity index is 1.90. The molecule has 3 heteroatoms. The van der Waals surface area contributed by atoms with Crippen molar-refractivity contribution in [2.75, 3.05) is 13.3 Å². The Bertz CT molecular complexity index is 460. The van der Waals surface area contributed by atoms with Crippen LogP contribution in [0.15, 0.2) is 30.4 Å². The molecule has 0 aliphatic carbocycles. The molecule has 0 amide bonds. The first kappa shape index (κ1) is 13.9. The fraction of sp³-hybridized carbons (Fsp3) is 0.500. The third-order valence-electron chi connectivity index (χ3n) is 3.06. The predicted molar refractivity (Wildman–Crippen MR) is 77.6 cm³/mol. The molecule has 1 heterocycles. The predicted octanol–water partition coefficient (Wildman–Crippen LogP) is 3.67. The number of hydrogen-bond donors (Lipinski definition) is 1. The second kappa shape index (κ2) is 5.66. The molecule has 2 rings (SSSR count). The molecule has 0 saturated heterocycles. The molecule has 1 atom stereocenters. The normalized spacial score (nSPS) is 16.0. The largest absolute Gasteiger partial charge is 0.454 e. The summed E-state index contributed by atoms with van der Waals surface area (Å²) in [5.74, 6) is 1.68. The van der Waals surface area contributed by atoms with Gasteiger partial charge in [-0.15, -0.1) is 0 Å². The zero-order valence-corrected chi connectivity index (χ0v) is 12.2. The van der Waals surface area contributed by atoms with Gasteiger partial charge in [-0.25, -0.2) is 0 Å². The first-order valence-corrected chi connectivity index (χ1v) is 6.76. The molecule has 1 aromatic carbocycles. The van der Waals surface area contributed by atoms with E-state index in [-0.39, 0.29) is 5.41 Å². The molecule has 3 nitrogen and oxygen atoms in total. The van der Waals surface area contributed by atoms with Crippen LogP contribution in [0.3, 0.4) is 0 Å². The molecular formula is C16H23NO2. The lowest BCUT2D eigenvalue weighted by Gasteiger charge is -2.15. The average molecular weight is 261 g/mol. The maximum atomic E-state index is 5.40. The number of rotatable bonds is 4. The monoisotopic (exact) mass is 261 g/mol. The summed E-state index contributed by atoms with van der Waals surface area (Å²) in [6.07, 6.45) is 4.41. The second-order valence-electron chi connectivity index (χ2n) is 6.01. The average Bonchev–Trinajstić information content (AvgIpc) is 2.80. The van der Waals surface area contributed by atoms with Crippen LogP contribution in [0.2, 0.25) is 0 Å². The van der Waals surface area contributed by atoms with E-state index in [0.717, 1.165) is 18.0 Å². The summed E-state index contributed by atoms with van der Waals surface area (Å²) in [6, 6.07) is 6.39. The maximum absolute atomic E-state index is 5.40. The van der Waals surface area contributed by atoms with Gasteiger partial charge in [-0.1, -0.05) is 39.0 Å². The topological polar surface area (TPSA) is 30.5 Å². The van der Waals surface area contributed by atoms with E-state index in [4.69, 9.17) is 9.47 Å². The van der Waals surface area contributed by atoms with Crippen LogP contribution in [0.4, 0.5) is 0 Å². The van der Waals surface area contributed by atoms with Crippen molar-refractivity contribution in [3.05, 3.63) is 35.9 Å². The quantitative estimate of drug-likeness (QED) is 0.839. The van der Waals surface area contributed by atoms with Crippen LogP contribution >= 0.6 is 0 Å². The van der Waals surface area contributed by atoms with E-state index >= 15 is 0 Å². The Morgan fingerprint density at radius 1 is 1.26 bits per heavy atom. The summed E-state index contributed by atoms with van der Waals surface area (Å²) in [5.41, 5.74) is 1.46. The first-order chi connectivity index (χ1) is 8.96. The highest BCUT2D eigenvalue weighted by Gasteiger charge is 2.15. The molecule has 0 bridgehead atoms. The number of allylic oxidation sites excluding steroid dienone is 1. The van der Waals surface area contributed by atoms with Gasteiger partial charge in [-0.3, -0.25) is 0 Å². The number of hydrogen-bond acceptors (Lipinski definition) is 3. The van der Waals surface area contributed by atoms with Crippen LogP contribution < -0.4 is 14.8 Å². The minimum Gasteiger partial charge on any atom is -0.454 e. The van der Waals surface area contributed by atoms with Crippen molar-refractivity contribution in [1.82, 2.24) is 5.32 Å². The van der Waals surface area contributed by atoms with Gasteiger partial charge in [-0.2, -0.15) is 0 Å². The van der Waals surface area contributed by atoms with Gasteiger partial charge in [0.2, 0.25) is 6.79 Å². The third-order valence-corrected chi connectivity index (χ3v) is 3.06. The highest BCUT2D eigenvalue weighted by molar-refractivity contribution is 5.45.